The van der Waals surface area contributed by atoms with Gasteiger partial charge >= 0.3 is 6.18 Å². The summed E-state index contributed by atoms with van der Waals surface area (Å²) in [6.45, 7) is 3.27. The van der Waals surface area contributed by atoms with Crippen molar-refractivity contribution in [3.05, 3.63) is 53.6 Å². The van der Waals surface area contributed by atoms with Crippen molar-refractivity contribution in [3.63, 3.8) is 0 Å². The summed E-state index contributed by atoms with van der Waals surface area (Å²) in [5, 5.41) is 1.89. The Labute approximate surface area is 146 Å². The second kappa shape index (κ2) is 7.81. The minimum absolute atomic E-state index is 0.132. The molecule has 0 fully saturated rings. The maximum atomic E-state index is 12.9. The summed E-state index contributed by atoms with van der Waals surface area (Å²) in [6.07, 6.45) is -3.56. The lowest BCUT2D eigenvalue weighted by atomic mass is 10.1. The number of nitrogens with zero attached hydrogens (tertiary/aromatic N) is 2. The van der Waals surface area contributed by atoms with Crippen molar-refractivity contribution >= 4 is 17.7 Å². The number of rotatable bonds is 5. The number of nitrogens with one attached hydrogen (secondary N) is 1. The molecule has 1 aromatic heterocycles. The molecule has 2 rings (SSSR count). The van der Waals surface area contributed by atoms with Crippen LogP contribution in [0, 0.1) is 5.82 Å². The number of hydrogen-bond acceptors (Lipinski definition) is 4. The number of aromatic nitrogens is 2. The topological polar surface area (TPSA) is 54.9 Å². The molecule has 1 N–H and O–H groups in total. The van der Waals surface area contributed by atoms with Gasteiger partial charge in [-0.25, -0.2) is 14.4 Å². The van der Waals surface area contributed by atoms with Gasteiger partial charge in [0.1, 0.15) is 11.5 Å². The van der Waals surface area contributed by atoms with E-state index in [-0.39, 0.29) is 22.9 Å². The molecule has 9 heteroatoms. The van der Waals surface area contributed by atoms with Gasteiger partial charge in [0.2, 0.25) is 5.91 Å². The van der Waals surface area contributed by atoms with E-state index >= 15 is 0 Å². The van der Waals surface area contributed by atoms with E-state index in [4.69, 9.17) is 0 Å². The van der Waals surface area contributed by atoms with E-state index in [9.17, 15) is 22.4 Å². The number of carbonyl (C=O) groups is 1. The third-order valence-corrected chi connectivity index (χ3v) is 4.28. The van der Waals surface area contributed by atoms with Gasteiger partial charge in [-0.05, 0) is 37.6 Å². The number of thioether (sulfide) groups is 1. The van der Waals surface area contributed by atoms with E-state index in [1.165, 1.54) is 12.1 Å². The van der Waals surface area contributed by atoms with Crippen LogP contribution in [0.5, 0.6) is 0 Å². The molecular weight excluding hydrogens is 358 g/mol. The Morgan fingerprint density at radius 3 is 2.40 bits per heavy atom. The first-order valence-corrected chi connectivity index (χ1v) is 8.17. The molecule has 134 valence electrons. The third kappa shape index (κ3) is 5.42. The zero-order valence-electron chi connectivity index (χ0n) is 13.3. The number of carbonyl (C=O) groups excluding carboxylic acids is 1. The van der Waals surface area contributed by atoms with Crippen LogP contribution in [0.15, 0.2) is 41.7 Å². The molecule has 0 aliphatic rings. The van der Waals surface area contributed by atoms with Crippen LogP contribution < -0.4 is 5.32 Å². The van der Waals surface area contributed by atoms with Gasteiger partial charge in [0.25, 0.3) is 0 Å². The summed E-state index contributed by atoms with van der Waals surface area (Å²) in [6, 6.07) is 6.06. The number of halogens is 4. The Balaban J connectivity index is 1.99. The van der Waals surface area contributed by atoms with E-state index in [0.717, 1.165) is 24.0 Å². The van der Waals surface area contributed by atoms with Gasteiger partial charge in [0.15, 0.2) is 5.16 Å². The molecule has 2 aromatic rings. The molecule has 1 aromatic carbocycles. The molecule has 0 radical (unpaired) electrons. The van der Waals surface area contributed by atoms with Crippen molar-refractivity contribution in [1.29, 1.82) is 0 Å². The zero-order valence-corrected chi connectivity index (χ0v) is 14.2. The standard InChI is InChI=1S/C16H15F4N3OS/c1-9(11-3-5-12(17)6-4-11)22-14(24)10(2)25-15-21-8-7-13(23-15)16(18,19)20/h3-10H,1-2H3,(H,22,24). The fraction of sp³-hybridized carbons (Fsp3) is 0.312. The second-order valence-electron chi connectivity index (χ2n) is 5.26. The predicted octanol–water partition coefficient (Wildman–Crippen LogP) is 3.99. The van der Waals surface area contributed by atoms with Crippen molar-refractivity contribution in [2.24, 2.45) is 0 Å². The fourth-order valence-electron chi connectivity index (χ4n) is 1.93. The maximum absolute atomic E-state index is 12.9. The van der Waals surface area contributed by atoms with E-state index in [2.05, 4.69) is 15.3 Å². The van der Waals surface area contributed by atoms with Crippen LogP contribution in [-0.2, 0) is 11.0 Å². The predicted molar refractivity (Wildman–Crippen MR) is 85.3 cm³/mol. The molecule has 2 unspecified atom stereocenters. The van der Waals surface area contributed by atoms with E-state index in [1.54, 1.807) is 26.0 Å². The monoisotopic (exact) mass is 373 g/mol. The summed E-state index contributed by atoms with van der Waals surface area (Å²) < 4.78 is 50.9. The third-order valence-electron chi connectivity index (χ3n) is 3.30. The molecule has 0 saturated carbocycles. The fourth-order valence-corrected chi connectivity index (χ4v) is 2.70. The summed E-state index contributed by atoms with van der Waals surface area (Å²) in [5.41, 5.74) is -0.348. The highest BCUT2D eigenvalue weighted by atomic mass is 32.2. The minimum atomic E-state index is -4.57. The first kappa shape index (κ1) is 19.2. The number of alkyl halides is 3. The van der Waals surface area contributed by atoms with Gasteiger partial charge in [0, 0.05) is 6.20 Å². The van der Waals surface area contributed by atoms with Gasteiger partial charge in [-0.3, -0.25) is 4.79 Å². The quantitative estimate of drug-likeness (QED) is 0.489. The summed E-state index contributed by atoms with van der Waals surface area (Å²) >= 11 is 0.827. The van der Waals surface area contributed by atoms with Crippen molar-refractivity contribution in [2.45, 2.75) is 36.5 Å². The summed E-state index contributed by atoms with van der Waals surface area (Å²) in [5.74, 6) is -0.768. The van der Waals surface area contributed by atoms with Crippen molar-refractivity contribution in [2.75, 3.05) is 0 Å². The first-order chi connectivity index (χ1) is 11.7. The van der Waals surface area contributed by atoms with Gasteiger partial charge in [0.05, 0.1) is 11.3 Å². The van der Waals surface area contributed by atoms with Crippen LogP contribution in [-0.4, -0.2) is 21.1 Å². The van der Waals surface area contributed by atoms with E-state index in [1.807, 2.05) is 0 Å². The van der Waals surface area contributed by atoms with Crippen molar-refractivity contribution in [1.82, 2.24) is 15.3 Å². The highest BCUT2D eigenvalue weighted by molar-refractivity contribution is 8.00. The molecular formula is C16H15F4N3OS. The summed E-state index contributed by atoms with van der Waals surface area (Å²) in [4.78, 5) is 19.4. The summed E-state index contributed by atoms with van der Waals surface area (Å²) in [7, 11) is 0. The minimum Gasteiger partial charge on any atom is -0.349 e. The molecule has 25 heavy (non-hydrogen) atoms. The van der Waals surface area contributed by atoms with E-state index in [0.29, 0.717) is 5.56 Å². The SMILES string of the molecule is CC(Sc1nccc(C(F)(F)F)n1)C(=O)NC(C)c1ccc(F)cc1. The highest BCUT2D eigenvalue weighted by Gasteiger charge is 2.33. The van der Waals surface area contributed by atoms with Gasteiger partial charge in [-0.2, -0.15) is 13.2 Å². The Morgan fingerprint density at radius 2 is 1.80 bits per heavy atom. The second-order valence-corrected chi connectivity index (χ2v) is 6.57. The van der Waals surface area contributed by atoms with Crippen LogP contribution in [0.1, 0.15) is 31.1 Å². The van der Waals surface area contributed by atoms with Crippen LogP contribution in [0.3, 0.4) is 0 Å². The average Bonchev–Trinajstić information content (AvgIpc) is 2.54. The van der Waals surface area contributed by atoms with Gasteiger partial charge in [-0.15, -0.1) is 0 Å². The molecule has 2 atom stereocenters. The smallest absolute Gasteiger partial charge is 0.349 e. The molecule has 0 bridgehead atoms. The van der Waals surface area contributed by atoms with Crippen LogP contribution in [0.4, 0.5) is 17.6 Å². The number of amides is 1. The molecule has 4 nitrogen and oxygen atoms in total. The highest BCUT2D eigenvalue weighted by Crippen LogP contribution is 2.29. The van der Waals surface area contributed by atoms with Gasteiger partial charge in [-0.1, -0.05) is 23.9 Å². The maximum Gasteiger partial charge on any atom is 0.433 e. The van der Waals surface area contributed by atoms with Gasteiger partial charge < -0.3 is 5.32 Å². The average molecular weight is 373 g/mol. The van der Waals surface area contributed by atoms with Crippen molar-refractivity contribution in [3.8, 4) is 0 Å². The largest absolute Gasteiger partial charge is 0.433 e. The molecule has 0 spiro atoms. The lowest BCUT2D eigenvalue weighted by Gasteiger charge is -2.17. The first-order valence-electron chi connectivity index (χ1n) is 7.29. The Kier molecular flexibility index (Phi) is 5.99. The van der Waals surface area contributed by atoms with Crippen LogP contribution in [0.25, 0.3) is 0 Å². The molecule has 0 saturated heterocycles. The Bertz CT molecular complexity index is 737. The number of benzene rings is 1. The molecule has 1 heterocycles. The molecule has 1 amide bonds. The van der Waals surface area contributed by atoms with E-state index < -0.39 is 17.1 Å². The van der Waals surface area contributed by atoms with Crippen molar-refractivity contribution < 1.29 is 22.4 Å². The zero-order chi connectivity index (χ0) is 18.6. The van der Waals surface area contributed by atoms with Crippen LogP contribution in [0.2, 0.25) is 0 Å². The molecule has 0 aliphatic carbocycles. The lowest BCUT2D eigenvalue weighted by Crippen LogP contribution is -2.33. The molecule has 0 aliphatic heterocycles. The Hall–Kier alpha value is -2.16. The lowest BCUT2D eigenvalue weighted by molar-refractivity contribution is -0.141. The number of hydrogen-bond donors (Lipinski definition) is 1. The normalized spacial score (nSPS) is 14.0. The van der Waals surface area contributed by atoms with Crippen LogP contribution >= 0.6 is 11.8 Å². The Morgan fingerprint density at radius 1 is 1.16 bits per heavy atom.